The zero-order chi connectivity index (χ0) is 20.8. The molecule has 0 aliphatic carbocycles. The molecule has 26 heavy (non-hydrogen) atoms. The average molecular weight is 422 g/mol. The van der Waals surface area contributed by atoms with Gasteiger partial charge in [-0.05, 0) is 0 Å². The number of hydrogen-bond acceptors (Lipinski definition) is 4. The number of rotatable bonds is 0. The van der Waals surface area contributed by atoms with Gasteiger partial charge in [0.1, 0.15) is 12.5 Å². The van der Waals surface area contributed by atoms with E-state index in [2.05, 4.69) is 19.2 Å². The Hall–Kier alpha value is -1.65. The molecule has 0 bridgehead atoms. The summed E-state index contributed by atoms with van der Waals surface area (Å²) >= 11 is 0. The van der Waals surface area contributed by atoms with Crippen molar-refractivity contribution < 1.29 is 76.3 Å². The topological polar surface area (TPSA) is 36.9 Å². The molecule has 4 nitrogen and oxygen atoms in total. The highest BCUT2D eigenvalue weighted by atomic mass is 19.4. The first-order valence-corrected chi connectivity index (χ1v) is 5.59. The Kier molecular flexibility index (Phi) is 5.35. The summed E-state index contributed by atoms with van der Waals surface area (Å²) in [6, 6.07) is 0. The molecule has 2 aliphatic heterocycles. The van der Waals surface area contributed by atoms with E-state index < -0.39 is 42.5 Å². The molecule has 2 atom stereocenters. The maximum atomic E-state index is 12.4. The maximum Gasteiger partial charge on any atom is 0.478 e. The zero-order valence-corrected chi connectivity index (χ0v) is 11.3. The molecule has 154 valence electrons. The Bertz CT molecular complexity index is 511. The van der Waals surface area contributed by atoms with Crippen molar-refractivity contribution in [1.29, 1.82) is 0 Å². The largest absolute Gasteiger partial charge is 0.478 e. The van der Waals surface area contributed by atoms with E-state index in [4.69, 9.17) is 0 Å². The van der Waals surface area contributed by atoms with Crippen molar-refractivity contribution in [2.45, 2.75) is 42.5 Å². The van der Waals surface area contributed by atoms with Gasteiger partial charge in [-0.2, -0.15) is 62.5 Å². The van der Waals surface area contributed by atoms with Crippen molar-refractivity contribution >= 4 is 0 Å². The van der Waals surface area contributed by atoms with Crippen LogP contribution in [0.1, 0.15) is 0 Å². The first-order chi connectivity index (χ1) is 11.3. The molecule has 2 rings (SSSR count). The summed E-state index contributed by atoms with van der Waals surface area (Å²) in [6.07, 6.45) is -20.8. The van der Waals surface area contributed by atoms with Crippen molar-refractivity contribution in [3.05, 3.63) is 12.5 Å². The minimum absolute atomic E-state index is 0.195. The summed E-state index contributed by atoms with van der Waals surface area (Å²) in [5.74, 6) is -15.4. The third-order valence-corrected chi connectivity index (χ3v) is 2.60. The van der Waals surface area contributed by atoms with Gasteiger partial charge < -0.3 is 9.47 Å². The van der Waals surface area contributed by atoms with Gasteiger partial charge >= 0.3 is 42.5 Å². The van der Waals surface area contributed by atoms with Gasteiger partial charge in [0.15, 0.2) is 0 Å². The van der Waals surface area contributed by atoms with Crippen LogP contribution in [-0.4, -0.2) is 42.5 Å². The highest BCUT2D eigenvalue weighted by Crippen LogP contribution is 2.53. The van der Waals surface area contributed by atoms with Crippen molar-refractivity contribution in [3.8, 4) is 0 Å². The lowest BCUT2D eigenvalue weighted by molar-refractivity contribution is -0.443. The van der Waals surface area contributed by atoms with Crippen LogP contribution in [0.5, 0.6) is 0 Å². The van der Waals surface area contributed by atoms with E-state index in [1.54, 1.807) is 0 Å². The summed E-state index contributed by atoms with van der Waals surface area (Å²) < 4.78 is 162. The molecular formula is C9H3F13O4. The molecule has 2 heterocycles. The molecule has 0 saturated carbocycles. The van der Waals surface area contributed by atoms with Crippen LogP contribution >= 0.6 is 0 Å². The molecule has 2 aliphatic rings. The number of ether oxygens (including phenoxy) is 2. The highest BCUT2D eigenvalue weighted by Gasteiger charge is 2.82. The van der Waals surface area contributed by atoms with Gasteiger partial charge in [0.2, 0.25) is 0 Å². The van der Waals surface area contributed by atoms with E-state index >= 15 is 0 Å². The van der Waals surface area contributed by atoms with E-state index in [-0.39, 0.29) is 12.5 Å². The Morgan fingerprint density at radius 2 is 1.08 bits per heavy atom. The number of alkyl halides is 13. The molecule has 0 radical (unpaired) electrons. The monoisotopic (exact) mass is 422 g/mol. The van der Waals surface area contributed by atoms with E-state index in [0.717, 1.165) is 0 Å². The predicted octanol–water partition coefficient (Wildman–Crippen LogP) is 4.43. The van der Waals surface area contributed by atoms with Crippen LogP contribution in [0.25, 0.3) is 0 Å². The molecule has 0 spiro atoms. The standard InChI is InChI=1S/C5H2F6O2.C4HF7O2/c6-4(7,8)3(5(9,10)11)12-1-2-13-3;5-1-2(6,7)3(8,13-12-1)4(9,10)11/h1-2H;1H. The van der Waals surface area contributed by atoms with E-state index in [9.17, 15) is 57.1 Å². The SMILES string of the molecule is FC(F)(F)C1(C(F)(F)F)OC=CO1.FC1OOC(F)(C(F)(F)F)C1(F)F. The number of hydrogen-bond donors (Lipinski definition) is 0. The quantitative estimate of drug-likeness (QED) is 0.428. The summed E-state index contributed by atoms with van der Waals surface area (Å²) in [7, 11) is 0. The molecule has 17 heteroatoms. The third kappa shape index (κ3) is 3.33. The minimum atomic E-state index is -6.07. The van der Waals surface area contributed by atoms with Crippen molar-refractivity contribution in [3.63, 3.8) is 0 Å². The van der Waals surface area contributed by atoms with E-state index in [1.807, 2.05) is 0 Å². The van der Waals surface area contributed by atoms with Gasteiger partial charge in [-0.3, -0.25) is 0 Å². The van der Waals surface area contributed by atoms with Gasteiger partial charge in [-0.25, -0.2) is 4.39 Å². The van der Waals surface area contributed by atoms with Gasteiger partial charge in [0.05, 0.1) is 0 Å². The molecule has 1 fully saturated rings. The zero-order valence-electron chi connectivity index (χ0n) is 11.3. The molecule has 0 aromatic rings. The van der Waals surface area contributed by atoms with Gasteiger partial charge in [0.25, 0.3) is 0 Å². The fourth-order valence-corrected chi connectivity index (χ4v) is 1.31. The Morgan fingerprint density at radius 3 is 1.23 bits per heavy atom. The van der Waals surface area contributed by atoms with Crippen LogP contribution in [0, 0.1) is 0 Å². The Balaban J connectivity index is 0.000000260. The van der Waals surface area contributed by atoms with Crippen molar-refractivity contribution in [2.75, 3.05) is 0 Å². The molecule has 2 unspecified atom stereocenters. The summed E-state index contributed by atoms with van der Waals surface area (Å²) in [6.45, 7) is 0. The van der Waals surface area contributed by atoms with Crippen molar-refractivity contribution in [2.24, 2.45) is 0 Å². The minimum Gasteiger partial charge on any atom is -0.443 e. The van der Waals surface area contributed by atoms with Crippen LogP contribution < -0.4 is 0 Å². The number of halogens is 13. The normalized spacial score (nSPS) is 30.3. The first kappa shape index (κ1) is 22.4. The first-order valence-electron chi connectivity index (χ1n) is 5.59. The van der Waals surface area contributed by atoms with Gasteiger partial charge in [-0.15, -0.1) is 0 Å². The van der Waals surface area contributed by atoms with Gasteiger partial charge in [0, 0.05) is 0 Å². The lowest BCUT2D eigenvalue weighted by Crippen LogP contribution is -2.57. The Morgan fingerprint density at radius 1 is 0.692 bits per heavy atom. The lowest BCUT2D eigenvalue weighted by atomic mass is 10.1. The molecule has 0 amide bonds. The summed E-state index contributed by atoms with van der Waals surface area (Å²) in [5.41, 5.74) is 0. The lowest BCUT2D eigenvalue weighted by Gasteiger charge is -2.30. The maximum absolute atomic E-state index is 12.4. The summed E-state index contributed by atoms with van der Waals surface area (Å²) in [5, 5.41) is 0. The van der Waals surface area contributed by atoms with Crippen molar-refractivity contribution in [1.82, 2.24) is 0 Å². The second-order valence-corrected chi connectivity index (χ2v) is 4.33. The van der Waals surface area contributed by atoms with E-state index in [0.29, 0.717) is 0 Å². The third-order valence-electron chi connectivity index (χ3n) is 2.60. The molecule has 0 N–H and O–H groups in total. The van der Waals surface area contributed by atoms with Crippen LogP contribution in [0.3, 0.4) is 0 Å². The highest BCUT2D eigenvalue weighted by molar-refractivity contribution is 4.96. The second kappa shape index (κ2) is 6.21. The van der Waals surface area contributed by atoms with Crippen LogP contribution in [0.4, 0.5) is 57.1 Å². The van der Waals surface area contributed by atoms with Crippen LogP contribution in [-0.2, 0) is 19.2 Å². The van der Waals surface area contributed by atoms with Crippen LogP contribution in [0.2, 0.25) is 0 Å². The molecule has 1 saturated heterocycles. The molecule has 0 aromatic carbocycles. The second-order valence-electron chi connectivity index (χ2n) is 4.33. The molecule has 0 aromatic heterocycles. The fraction of sp³-hybridized carbons (Fsp3) is 0.778. The fourth-order valence-electron chi connectivity index (χ4n) is 1.31. The van der Waals surface area contributed by atoms with E-state index in [1.165, 1.54) is 0 Å². The Labute approximate surface area is 132 Å². The van der Waals surface area contributed by atoms with Crippen LogP contribution in [0.15, 0.2) is 12.5 Å². The van der Waals surface area contributed by atoms with Gasteiger partial charge in [-0.1, -0.05) is 0 Å². The summed E-state index contributed by atoms with van der Waals surface area (Å²) in [4.78, 5) is 5.41. The smallest absolute Gasteiger partial charge is 0.443 e. The average Bonchev–Trinajstić information content (AvgIpc) is 2.99. The molecular weight excluding hydrogens is 419 g/mol. The predicted molar refractivity (Wildman–Crippen MR) is 48.1 cm³/mol.